The van der Waals surface area contributed by atoms with Crippen LogP contribution < -0.4 is 0 Å². The average molecular weight is 843 g/mol. The lowest BCUT2D eigenvalue weighted by atomic mass is 10.0. The number of hydrogen-bond acceptors (Lipinski definition) is 5. The van der Waals surface area contributed by atoms with E-state index in [2.05, 4.69) is 57.2 Å². The maximum Gasteiger partial charge on any atom is 0.305 e. The van der Waals surface area contributed by atoms with Gasteiger partial charge in [0.15, 0.2) is 0 Å². The summed E-state index contributed by atoms with van der Waals surface area (Å²) in [6, 6.07) is 0. The molecule has 0 rings (SSSR count). The predicted octanol–water partition coefficient (Wildman–Crippen LogP) is 17.8. The molecule has 5 heteroatoms. The van der Waals surface area contributed by atoms with E-state index in [1.807, 2.05) is 0 Å². The van der Waals surface area contributed by atoms with Gasteiger partial charge in [0.05, 0.1) is 0 Å². The largest absolute Gasteiger partial charge is 0.463 e. The van der Waals surface area contributed by atoms with E-state index in [-0.39, 0.29) is 25.2 Å². The molecule has 0 aliphatic rings. The molecule has 0 aromatic carbocycles. The summed E-state index contributed by atoms with van der Waals surface area (Å²) in [6.45, 7) is 7.71. The van der Waals surface area contributed by atoms with Gasteiger partial charge >= 0.3 is 11.9 Å². The molecule has 0 aromatic heterocycles. The Balaban J connectivity index is 4.27. The molecule has 60 heavy (non-hydrogen) atoms. The predicted molar refractivity (Wildman–Crippen MR) is 261 cm³/mol. The standard InChI is InChI=1S/C55H102O5/c1-4-7-10-13-16-19-22-25-27-29-32-35-38-41-44-47-50-58-53(51-59-54(56)48-45-42-39-36-33-30-24-21-18-15-12-9-6-3)52-60-55(57)49-46-43-40-37-34-31-28-26-23-20-17-14-11-8-5-2/h17,20,25-28,53H,4-16,18-19,21-24,29-52H2,1-3H3/b20-17-,27-25-,28-26-. The van der Waals surface area contributed by atoms with Crippen molar-refractivity contribution in [3.63, 3.8) is 0 Å². The maximum atomic E-state index is 12.6. The third-order valence-electron chi connectivity index (χ3n) is 11.7. The minimum absolute atomic E-state index is 0.150. The van der Waals surface area contributed by atoms with Gasteiger partial charge in [-0.2, -0.15) is 0 Å². The first-order valence-corrected chi connectivity index (χ1v) is 26.5. The van der Waals surface area contributed by atoms with E-state index in [0.717, 1.165) is 57.8 Å². The Morgan fingerprint density at radius 2 is 0.633 bits per heavy atom. The molecule has 0 spiro atoms. The fourth-order valence-corrected chi connectivity index (χ4v) is 7.63. The zero-order chi connectivity index (χ0) is 43.5. The Hall–Kier alpha value is -1.88. The van der Waals surface area contributed by atoms with Crippen LogP contribution in [0.15, 0.2) is 36.5 Å². The lowest BCUT2D eigenvalue weighted by Crippen LogP contribution is -2.29. The molecule has 0 aliphatic heterocycles. The van der Waals surface area contributed by atoms with Crippen molar-refractivity contribution in [1.82, 2.24) is 0 Å². The molecule has 0 heterocycles. The van der Waals surface area contributed by atoms with Crippen molar-refractivity contribution in [2.45, 2.75) is 284 Å². The van der Waals surface area contributed by atoms with Crippen LogP contribution in [-0.2, 0) is 23.8 Å². The Kier molecular flexibility index (Phi) is 49.9. The van der Waals surface area contributed by atoms with Gasteiger partial charge in [-0.05, 0) is 77.0 Å². The van der Waals surface area contributed by atoms with Crippen LogP contribution in [0.5, 0.6) is 0 Å². The molecule has 352 valence electrons. The summed E-state index contributed by atoms with van der Waals surface area (Å²) in [5.74, 6) is -0.342. The summed E-state index contributed by atoms with van der Waals surface area (Å²) < 4.78 is 17.4. The summed E-state index contributed by atoms with van der Waals surface area (Å²) >= 11 is 0. The van der Waals surface area contributed by atoms with Crippen LogP contribution in [0.25, 0.3) is 0 Å². The fourth-order valence-electron chi connectivity index (χ4n) is 7.63. The third-order valence-corrected chi connectivity index (χ3v) is 11.7. The first kappa shape index (κ1) is 58.1. The van der Waals surface area contributed by atoms with Gasteiger partial charge < -0.3 is 14.2 Å². The number of unbranched alkanes of at least 4 members (excludes halogenated alkanes) is 32. The van der Waals surface area contributed by atoms with Crippen LogP contribution in [0.1, 0.15) is 278 Å². The molecule has 5 nitrogen and oxygen atoms in total. The van der Waals surface area contributed by atoms with Crippen LogP contribution in [0.3, 0.4) is 0 Å². The lowest BCUT2D eigenvalue weighted by molar-refractivity contribution is -0.155. The SMILES string of the molecule is CCCCC/C=C\C/C=C\CCCCCCCC(=O)OCC(COC(=O)CCCCCCCCCCCCCCC)OCCCCCCCC/C=C\CCCCCCCC. The number of allylic oxidation sites excluding steroid dienone is 6. The van der Waals surface area contributed by atoms with Gasteiger partial charge in [0.1, 0.15) is 19.3 Å². The van der Waals surface area contributed by atoms with Gasteiger partial charge in [0, 0.05) is 19.4 Å². The molecule has 0 saturated carbocycles. The van der Waals surface area contributed by atoms with Gasteiger partial charge in [0.2, 0.25) is 0 Å². The highest BCUT2D eigenvalue weighted by molar-refractivity contribution is 5.69. The minimum Gasteiger partial charge on any atom is -0.463 e. The third kappa shape index (κ3) is 48.8. The normalized spacial score (nSPS) is 12.4. The number of esters is 2. The van der Waals surface area contributed by atoms with E-state index in [0.29, 0.717) is 19.4 Å². The second kappa shape index (κ2) is 51.5. The van der Waals surface area contributed by atoms with Crippen molar-refractivity contribution in [2.24, 2.45) is 0 Å². The van der Waals surface area contributed by atoms with Gasteiger partial charge in [-0.15, -0.1) is 0 Å². The first-order chi connectivity index (χ1) is 29.6. The number of hydrogen-bond donors (Lipinski definition) is 0. The van der Waals surface area contributed by atoms with Crippen LogP contribution in [-0.4, -0.2) is 37.9 Å². The van der Waals surface area contributed by atoms with Gasteiger partial charge in [0.25, 0.3) is 0 Å². The van der Waals surface area contributed by atoms with Crippen molar-refractivity contribution in [2.75, 3.05) is 19.8 Å². The van der Waals surface area contributed by atoms with Crippen LogP contribution in [0.2, 0.25) is 0 Å². The fraction of sp³-hybridized carbons (Fsp3) is 0.855. The Morgan fingerprint density at radius 3 is 1.02 bits per heavy atom. The molecular weight excluding hydrogens is 741 g/mol. The highest BCUT2D eigenvalue weighted by Gasteiger charge is 2.16. The zero-order valence-corrected chi connectivity index (χ0v) is 40.5. The van der Waals surface area contributed by atoms with Crippen molar-refractivity contribution < 1.29 is 23.8 Å². The van der Waals surface area contributed by atoms with Gasteiger partial charge in [-0.3, -0.25) is 9.59 Å². The minimum atomic E-state index is -0.405. The van der Waals surface area contributed by atoms with E-state index in [1.54, 1.807) is 0 Å². The first-order valence-electron chi connectivity index (χ1n) is 26.5. The van der Waals surface area contributed by atoms with Crippen LogP contribution in [0, 0.1) is 0 Å². The molecule has 0 amide bonds. The van der Waals surface area contributed by atoms with Gasteiger partial charge in [-0.1, -0.05) is 224 Å². The van der Waals surface area contributed by atoms with Crippen molar-refractivity contribution in [1.29, 1.82) is 0 Å². The molecule has 1 atom stereocenters. The number of rotatable bonds is 49. The second-order valence-electron chi connectivity index (χ2n) is 17.8. The quantitative estimate of drug-likeness (QED) is 0.0347. The molecule has 0 fully saturated rings. The Labute approximate surface area is 374 Å². The number of ether oxygens (including phenoxy) is 3. The molecular formula is C55H102O5. The summed E-state index contributed by atoms with van der Waals surface area (Å²) in [5.41, 5.74) is 0. The van der Waals surface area contributed by atoms with Crippen LogP contribution >= 0.6 is 0 Å². The Bertz CT molecular complexity index is 955. The second-order valence-corrected chi connectivity index (χ2v) is 17.8. The van der Waals surface area contributed by atoms with Gasteiger partial charge in [-0.25, -0.2) is 0 Å². The van der Waals surface area contributed by atoms with E-state index >= 15 is 0 Å². The average Bonchev–Trinajstić information content (AvgIpc) is 3.25. The molecule has 0 aliphatic carbocycles. The smallest absolute Gasteiger partial charge is 0.305 e. The molecule has 0 bridgehead atoms. The molecule has 0 saturated heterocycles. The van der Waals surface area contributed by atoms with Crippen molar-refractivity contribution >= 4 is 11.9 Å². The number of carbonyl (C=O) groups is 2. The lowest BCUT2D eigenvalue weighted by Gasteiger charge is -2.18. The molecule has 0 radical (unpaired) electrons. The molecule has 0 N–H and O–H groups in total. The highest BCUT2D eigenvalue weighted by atomic mass is 16.6. The monoisotopic (exact) mass is 843 g/mol. The molecule has 0 aromatic rings. The van der Waals surface area contributed by atoms with Crippen LogP contribution in [0.4, 0.5) is 0 Å². The number of carbonyl (C=O) groups excluding carboxylic acids is 2. The Morgan fingerprint density at radius 1 is 0.350 bits per heavy atom. The van der Waals surface area contributed by atoms with E-state index in [4.69, 9.17) is 14.2 Å². The maximum absolute atomic E-state index is 12.6. The zero-order valence-electron chi connectivity index (χ0n) is 40.5. The molecule has 1 unspecified atom stereocenters. The topological polar surface area (TPSA) is 61.8 Å². The van der Waals surface area contributed by atoms with E-state index < -0.39 is 6.10 Å². The summed E-state index contributed by atoms with van der Waals surface area (Å²) in [4.78, 5) is 25.2. The highest BCUT2D eigenvalue weighted by Crippen LogP contribution is 2.15. The van der Waals surface area contributed by atoms with Crippen molar-refractivity contribution in [3.05, 3.63) is 36.5 Å². The summed E-state index contributed by atoms with van der Waals surface area (Å²) in [6.07, 6.45) is 61.7. The summed E-state index contributed by atoms with van der Waals surface area (Å²) in [5, 5.41) is 0. The van der Waals surface area contributed by atoms with E-state index in [9.17, 15) is 9.59 Å². The van der Waals surface area contributed by atoms with Crippen molar-refractivity contribution in [3.8, 4) is 0 Å². The van der Waals surface area contributed by atoms with E-state index in [1.165, 1.54) is 186 Å². The summed E-state index contributed by atoms with van der Waals surface area (Å²) in [7, 11) is 0.